The van der Waals surface area contributed by atoms with Crippen LogP contribution in [-0.2, 0) is 6.42 Å². The molecule has 1 atom stereocenters. The van der Waals surface area contributed by atoms with Crippen LogP contribution in [0.3, 0.4) is 0 Å². The molecule has 4 heteroatoms. The smallest absolute Gasteiger partial charge is 0.308 e. The molecule has 2 aromatic rings. The van der Waals surface area contributed by atoms with Crippen LogP contribution in [0.15, 0.2) is 92.1 Å². The summed E-state index contributed by atoms with van der Waals surface area (Å²) in [6.45, 7) is 35.5. The Hall–Kier alpha value is -3.84. The van der Waals surface area contributed by atoms with Crippen molar-refractivity contribution in [1.29, 1.82) is 5.41 Å². The van der Waals surface area contributed by atoms with E-state index >= 15 is 0 Å². The number of alkyl halides is 3. The number of nitrogens with one attached hydrogen (secondary N) is 1. The standard InChI is InChI=1S/C17H18F3N.C12H16.C3H6.3C2H6.C2H2/c1-12(2)13(3)14-6-8-15(9-7-14)16(11-21)5-4-10-17(18,19)20;1-5-11-7-6-10(4)8-12(11)9(2)3;1-3-2;4*1-2/h4-11,13,21H,1H2,2-3H3;6-8H,2,5H2,1,3-4H3;3H,1H2,2H3;3*1-2H3;1-2H/b10-4+,16-5+,21-11?;;;;;;. The molecule has 0 amide bonds. The highest BCUT2D eigenvalue weighted by Crippen LogP contribution is 2.24. The lowest BCUT2D eigenvalue weighted by molar-refractivity contribution is -0.0798. The maximum Gasteiger partial charge on any atom is 0.409 e. The second kappa shape index (κ2) is 32.1. The third-order valence-corrected chi connectivity index (χ3v) is 5.31. The average molecular weight is 612 g/mol. The largest absolute Gasteiger partial charge is 0.409 e. The topological polar surface area (TPSA) is 23.9 Å². The molecular weight excluding hydrogens is 551 g/mol. The maximum absolute atomic E-state index is 12.0. The number of terminal acetylenes is 1. The second-order valence-electron chi connectivity index (χ2n) is 8.56. The van der Waals surface area contributed by atoms with Crippen LogP contribution in [0.25, 0.3) is 11.1 Å². The molecule has 1 unspecified atom stereocenters. The Bertz CT molecular complexity index is 1110. The summed E-state index contributed by atoms with van der Waals surface area (Å²) >= 11 is 0. The number of halogens is 3. The predicted molar refractivity (Wildman–Crippen MR) is 197 cm³/mol. The van der Waals surface area contributed by atoms with Crippen LogP contribution in [-0.4, -0.2) is 12.4 Å². The normalized spacial score (nSPS) is 10.2. The van der Waals surface area contributed by atoms with Crippen LogP contribution in [0.4, 0.5) is 13.2 Å². The van der Waals surface area contributed by atoms with Crippen molar-refractivity contribution in [3.8, 4) is 12.8 Å². The number of hydrogen-bond acceptors (Lipinski definition) is 1. The lowest BCUT2D eigenvalue weighted by Crippen LogP contribution is -2.00. The zero-order valence-electron chi connectivity index (χ0n) is 29.6. The average Bonchev–Trinajstić information content (AvgIpc) is 3.03. The quantitative estimate of drug-likeness (QED) is 0.139. The van der Waals surface area contributed by atoms with Gasteiger partial charge in [-0.15, -0.1) is 19.4 Å². The van der Waals surface area contributed by atoms with Crippen molar-refractivity contribution < 1.29 is 13.2 Å². The van der Waals surface area contributed by atoms with Crippen molar-refractivity contribution in [2.24, 2.45) is 0 Å². The Labute approximate surface area is 269 Å². The Morgan fingerprint density at radius 3 is 1.73 bits per heavy atom. The lowest BCUT2D eigenvalue weighted by atomic mass is 9.93. The van der Waals surface area contributed by atoms with Crippen LogP contribution < -0.4 is 0 Å². The van der Waals surface area contributed by atoms with Gasteiger partial charge >= 0.3 is 6.18 Å². The maximum atomic E-state index is 12.0. The molecule has 0 aliphatic heterocycles. The highest BCUT2D eigenvalue weighted by molar-refractivity contribution is 6.08. The molecule has 0 saturated carbocycles. The monoisotopic (exact) mass is 611 g/mol. The molecule has 1 N–H and O–H groups in total. The molecule has 0 aliphatic carbocycles. The van der Waals surface area contributed by atoms with Crippen molar-refractivity contribution in [2.75, 3.05) is 0 Å². The van der Waals surface area contributed by atoms with E-state index in [1.54, 1.807) is 18.2 Å². The van der Waals surface area contributed by atoms with Crippen molar-refractivity contribution in [3.63, 3.8) is 0 Å². The molecule has 0 radical (unpaired) electrons. The third-order valence-electron chi connectivity index (χ3n) is 5.31. The van der Waals surface area contributed by atoms with E-state index in [-0.39, 0.29) is 12.0 Å². The van der Waals surface area contributed by atoms with E-state index in [4.69, 9.17) is 5.41 Å². The molecular formula is C40H60F3N. The van der Waals surface area contributed by atoms with Gasteiger partial charge in [-0.1, -0.05) is 146 Å². The molecule has 2 aromatic carbocycles. The van der Waals surface area contributed by atoms with E-state index in [1.165, 1.54) is 22.8 Å². The summed E-state index contributed by atoms with van der Waals surface area (Å²) in [6, 6.07) is 14.0. The first kappa shape index (κ1) is 49.8. The molecule has 0 fully saturated rings. The Kier molecular flexibility index (Phi) is 36.3. The van der Waals surface area contributed by atoms with Gasteiger partial charge in [-0.05, 0) is 61.9 Å². The van der Waals surface area contributed by atoms with Crippen molar-refractivity contribution in [3.05, 3.63) is 120 Å². The van der Waals surface area contributed by atoms with Gasteiger partial charge in [-0.2, -0.15) is 13.2 Å². The van der Waals surface area contributed by atoms with Gasteiger partial charge in [-0.25, -0.2) is 0 Å². The van der Waals surface area contributed by atoms with Gasteiger partial charge < -0.3 is 5.41 Å². The molecule has 0 aliphatic rings. The zero-order chi connectivity index (χ0) is 35.9. The van der Waals surface area contributed by atoms with E-state index in [1.807, 2.05) is 74.4 Å². The minimum absolute atomic E-state index is 0.147. The molecule has 0 heterocycles. The van der Waals surface area contributed by atoms with Crippen LogP contribution in [0.2, 0.25) is 0 Å². The van der Waals surface area contributed by atoms with Gasteiger partial charge in [0.15, 0.2) is 0 Å². The summed E-state index contributed by atoms with van der Waals surface area (Å²) in [4.78, 5) is 0. The summed E-state index contributed by atoms with van der Waals surface area (Å²) in [5, 5.41) is 7.32. The van der Waals surface area contributed by atoms with Gasteiger partial charge in [0.2, 0.25) is 0 Å². The molecule has 44 heavy (non-hydrogen) atoms. The Balaban J connectivity index is -0.000000186. The highest BCUT2D eigenvalue weighted by Gasteiger charge is 2.21. The number of benzene rings is 2. The summed E-state index contributed by atoms with van der Waals surface area (Å²) < 4.78 is 36.1. The van der Waals surface area contributed by atoms with Crippen LogP contribution in [0.1, 0.15) is 110 Å². The fourth-order valence-electron chi connectivity index (χ4n) is 3.13. The second-order valence-corrected chi connectivity index (χ2v) is 8.56. The first-order valence-corrected chi connectivity index (χ1v) is 15.2. The van der Waals surface area contributed by atoms with Gasteiger partial charge in [0.05, 0.1) is 0 Å². The minimum atomic E-state index is -4.34. The summed E-state index contributed by atoms with van der Waals surface area (Å²) in [7, 11) is 0. The minimum Gasteiger partial charge on any atom is -0.308 e. The van der Waals surface area contributed by atoms with Gasteiger partial charge in [0.1, 0.15) is 0 Å². The molecule has 1 nitrogen and oxygen atoms in total. The SMILES string of the molecule is C#C.C=C(C)C(C)c1ccc(/C(C=N)=C/C=C/C(F)(F)F)cc1.C=C(C)c1cc(C)ccc1CC.C=CC.CC.CC.CC. The Morgan fingerprint density at radius 1 is 0.932 bits per heavy atom. The van der Waals surface area contributed by atoms with E-state index in [9.17, 15) is 13.2 Å². The number of allylic oxidation sites excluding steroid dienone is 7. The van der Waals surface area contributed by atoms with E-state index < -0.39 is 6.18 Å². The van der Waals surface area contributed by atoms with E-state index in [2.05, 4.69) is 71.6 Å². The first-order chi connectivity index (χ1) is 20.8. The molecule has 0 spiro atoms. The van der Waals surface area contributed by atoms with Crippen molar-refractivity contribution >= 4 is 17.4 Å². The fourth-order valence-corrected chi connectivity index (χ4v) is 3.13. The predicted octanol–water partition coefficient (Wildman–Crippen LogP) is 13.6. The van der Waals surface area contributed by atoms with Crippen LogP contribution in [0.5, 0.6) is 0 Å². The third kappa shape index (κ3) is 24.7. The van der Waals surface area contributed by atoms with Crippen molar-refractivity contribution in [1.82, 2.24) is 0 Å². The van der Waals surface area contributed by atoms with E-state index in [0.29, 0.717) is 11.1 Å². The van der Waals surface area contributed by atoms with Crippen LogP contribution in [0, 0.1) is 25.2 Å². The van der Waals surface area contributed by atoms with Gasteiger partial charge in [-0.3, -0.25) is 0 Å². The number of aryl methyl sites for hydroxylation is 2. The first-order valence-electron chi connectivity index (χ1n) is 15.2. The number of rotatable bonds is 7. The fraction of sp³-hybridized carbons (Fsp3) is 0.375. The molecule has 0 saturated heterocycles. The van der Waals surface area contributed by atoms with Gasteiger partial charge in [0, 0.05) is 18.2 Å². The van der Waals surface area contributed by atoms with E-state index in [0.717, 1.165) is 35.4 Å². The molecule has 0 aromatic heterocycles. The van der Waals surface area contributed by atoms with Crippen molar-refractivity contribution in [2.45, 2.75) is 102 Å². The Morgan fingerprint density at radius 2 is 1.39 bits per heavy atom. The van der Waals surface area contributed by atoms with Crippen LogP contribution >= 0.6 is 0 Å². The molecule has 2 rings (SSSR count). The summed E-state index contributed by atoms with van der Waals surface area (Å²) in [5.74, 6) is 0.219. The number of hydrogen-bond donors (Lipinski definition) is 1. The summed E-state index contributed by atoms with van der Waals surface area (Å²) in [5.41, 5.74) is 8.44. The molecule has 0 bridgehead atoms. The highest BCUT2D eigenvalue weighted by atomic mass is 19.4. The summed E-state index contributed by atoms with van der Waals surface area (Å²) in [6.07, 6.45) is 9.86. The lowest BCUT2D eigenvalue weighted by Gasteiger charge is -2.12. The zero-order valence-corrected chi connectivity index (χ0v) is 29.6. The molecule has 246 valence electrons. The van der Waals surface area contributed by atoms with Gasteiger partial charge in [0.25, 0.3) is 0 Å².